The monoisotopic (exact) mass is 343 g/mol. The van der Waals surface area contributed by atoms with Gasteiger partial charge in [-0.1, -0.05) is 17.7 Å². The lowest BCUT2D eigenvalue weighted by Gasteiger charge is -2.06. The summed E-state index contributed by atoms with van der Waals surface area (Å²) >= 11 is 5.79. The van der Waals surface area contributed by atoms with Crippen molar-refractivity contribution in [2.75, 3.05) is 11.9 Å². The van der Waals surface area contributed by atoms with Gasteiger partial charge in [-0.3, -0.25) is 4.98 Å². The Kier molecular flexibility index (Phi) is 5.02. The molecule has 8 heteroatoms. The Morgan fingerprint density at radius 1 is 1.12 bits per heavy atom. The average Bonchev–Trinajstić information content (AvgIpc) is 3.07. The van der Waals surface area contributed by atoms with E-state index in [0.717, 1.165) is 0 Å². The van der Waals surface area contributed by atoms with Crippen molar-refractivity contribution in [1.29, 1.82) is 0 Å². The van der Waals surface area contributed by atoms with Crippen LogP contribution >= 0.6 is 11.6 Å². The van der Waals surface area contributed by atoms with Crippen LogP contribution in [-0.2, 0) is 6.42 Å². The third-order valence-electron chi connectivity index (χ3n) is 3.08. The quantitative estimate of drug-likeness (QED) is 0.742. The smallest absolute Gasteiger partial charge is 0.319 e. The summed E-state index contributed by atoms with van der Waals surface area (Å²) in [4.78, 5) is 15.9. The van der Waals surface area contributed by atoms with E-state index >= 15 is 0 Å². The standard InChI is InChI=1S/C16H14ClN5O2/c17-11-4-6-12(7-5-11)20-16(23)19-10-8-14-21-22-15(24-14)13-3-1-2-9-18-13/h1-7,9H,8,10H2,(H2,19,20,23). The van der Waals surface area contributed by atoms with Crippen LogP contribution in [0.3, 0.4) is 0 Å². The van der Waals surface area contributed by atoms with Gasteiger partial charge in [0.15, 0.2) is 0 Å². The Hall–Kier alpha value is -2.93. The molecule has 0 spiro atoms. The Balaban J connectivity index is 1.47. The summed E-state index contributed by atoms with van der Waals surface area (Å²) in [5.74, 6) is 0.790. The number of benzene rings is 1. The van der Waals surface area contributed by atoms with E-state index in [1.165, 1.54) is 0 Å². The normalized spacial score (nSPS) is 10.4. The van der Waals surface area contributed by atoms with Crippen LogP contribution in [0.5, 0.6) is 0 Å². The molecule has 0 fully saturated rings. The highest BCUT2D eigenvalue weighted by atomic mass is 35.5. The van der Waals surface area contributed by atoms with Crippen molar-refractivity contribution in [3.63, 3.8) is 0 Å². The molecule has 2 heterocycles. The fraction of sp³-hybridized carbons (Fsp3) is 0.125. The van der Waals surface area contributed by atoms with Gasteiger partial charge in [0, 0.05) is 29.9 Å². The number of nitrogens with zero attached hydrogens (tertiary/aromatic N) is 3. The first-order chi connectivity index (χ1) is 11.7. The average molecular weight is 344 g/mol. The largest absolute Gasteiger partial charge is 0.419 e. The Morgan fingerprint density at radius 3 is 2.71 bits per heavy atom. The van der Waals surface area contributed by atoms with Crippen molar-refractivity contribution < 1.29 is 9.21 Å². The zero-order chi connectivity index (χ0) is 16.8. The van der Waals surface area contributed by atoms with Gasteiger partial charge in [-0.05, 0) is 36.4 Å². The second-order valence-corrected chi connectivity index (χ2v) is 5.29. The summed E-state index contributed by atoms with van der Waals surface area (Å²) in [5, 5.41) is 13.9. The van der Waals surface area contributed by atoms with Gasteiger partial charge in [0.1, 0.15) is 5.69 Å². The number of hydrogen-bond acceptors (Lipinski definition) is 5. The van der Waals surface area contributed by atoms with Crippen LogP contribution in [0.1, 0.15) is 5.89 Å². The predicted octanol–water partition coefficient (Wildman–Crippen LogP) is 3.15. The van der Waals surface area contributed by atoms with Gasteiger partial charge in [0.25, 0.3) is 5.89 Å². The molecule has 0 saturated carbocycles. The first-order valence-electron chi connectivity index (χ1n) is 7.25. The minimum absolute atomic E-state index is 0.318. The molecule has 3 aromatic rings. The third kappa shape index (κ3) is 4.30. The zero-order valence-corrected chi connectivity index (χ0v) is 13.3. The van der Waals surface area contributed by atoms with E-state index in [1.54, 1.807) is 36.5 Å². The summed E-state index contributed by atoms with van der Waals surface area (Å²) in [7, 11) is 0. The van der Waals surface area contributed by atoms with E-state index in [9.17, 15) is 4.79 Å². The number of carbonyl (C=O) groups excluding carboxylic acids is 1. The van der Waals surface area contributed by atoms with Gasteiger partial charge in [-0.15, -0.1) is 10.2 Å². The minimum atomic E-state index is -0.318. The first-order valence-corrected chi connectivity index (χ1v) is 7.63. The van der Waals surface area contributed by atoms with Crippen molar-refractivity contribution in [3.8, 4) is 11.6 Å². The number of urea groups is 1. The molecule has 0 bridgehead atoms. The number of hydrogen-bond donors (Lipinski definition) is 2. The summed E-state index contributed by atoms with van der Waals surface area (Å²) in [5.41, 5.74) is 1.27. The SMILES string of the molecule is O=C(NCCc1nnc(-c2ccccn2)o1)Nc1ccc(Cl)cc1. The summed E-state index contributed by atoms with van der Waals surface area (Å²) in [6.45, 7) is 0.364. The molecular formula is C16H14ClN5O2. The highest BCUT2D eigenvalue weighted by molar-refractivity contribution is 6.30. The minimum Gasteiger partial charge on any atom is -0.419 e. The van der Waals surface area contributed by atoms with Crippen molar-refractivity contribution in [3.05, 3.63) is 59.6 Å². The molecule has 7 nitrogen and oxygen atoms in total. The van der Waals surface area contributed by atoms with E-state index in [0.29, 0.717) is 41.2 Å². The number of anilines is 1. The highest BCUT2D eigenvalue weighted by Gasteiger charge is 2.09. The maximum atomic E-state index is 11.8. The third-order valence-corrected chi connectivity index (χ3v) is 3.33. The van der Waals surface area contributed by atoms with Gasteiger partial charge in [0.05, 0.1) is 0 Å². The van der Waals surface area contributed by atoms with E-state index in [2.05, 4.69) is 25.8 Å². The number of nitrogens with one attached hydrogen (secondary N) is 2. The van der Waals surface area contributed by atoms with Crippen LogP contribution in [0.25, 0.3) is 11.6 Å². The van der Waals surface area contributed by atoms with Crippen molar-refractivity contribution in [2.45, 2.75) is 6.42 Å². The maximum Gasteiger partial charge on any atom is 0.319 e. The van der Waals surface area contributed by atoms with Crippen LogP contribution in [0.15, 0.2) is 53.1 Å². The fourth-order valence-corrected chi connectivity index (χ4v) is 2.06. The summed E-state index contributed by atoms with van der Waals surface area (Å²) in [6, 6.07) is 12.0. The molecule has 2 N–H and O–H groups in total. The van der Waals surface area contributed by atoms with Crippen molar-refractivity contribution in [1.82, 2.24) is 20.5 Å². The molecule has 0 aliphatic rings. The Labute approximate surface area is 143 Å². The molecule has 0 aliphatic carbocycles. The first kappa shape index (κ1) is 15.9. The molecule has 0 saturated heterocycles. The highest BCUT2D eigenvalue weighted by Crippen LogP contribution is 2.14. The molecule has 0 radical (unpaired) electrons. The summed E-state index contributed by atoms with van der Waals surface area (Å²) < 4.78 is 5.51. The molecule has 2 aromatic heterocycles. The zero-order valence-electron chi connectivity index (χ0n) is 12.6. The van der Waals surface area contributed by atoms with Crippen LogP contribution in [0.4, 0.5) is 10.5 Å². The van der Waals surface area contributed by atoms with E-state index in [-0.39, 0.29) is 6.03 Å². The lowest BCUT2D eigenvalue weighted by Crippen LogP contribution is -2.30. The van der Waals surface area contributed by atoms with Crippen LogP contribution in [-0.4, -0.2) is 27.8 Å². The number of amides is 2. The lowest BCUT2D eigenvalue weighted by molar-refractivity contribution is 0.252. The maximum absolute atomic E-state index is 11.8. The molecule has 0 atom stereocenters. The van der Waals surface area contributed by atoms with Gasteiger partial charge in [-0.2, -0.15) is 0 Å². The summed E-state index contributed by atoms with van der Waals surface area (Å²) in [6.07, 6.45) is 2.08. The molecule has 1 aromatic carbocycles. The van der Waals surface area contributed by atoms with Gasteiger partial charge >= 0.3 is 6.03 Å². The second kappa shape index (κ2) is 7.56. The van der Waals surface area contributed by atoms with Gasteiger partial charge in [-0.25, -0.2) is 4.79 Å². The molecule has 2 amide bonds. The number of halogens is 1. The van der Waals surface area contributed by atoms with Gasteiger partial charge in [0.2, 0.25) is 5.89 Å². The Bertz CT molecular complexity index is 805. The number of aromatic nitrogens is 3. The van der Waals surface area contributed by atoms with Crippen LogP contribution in [0, 0.1) is 0 Å². The molecule has 24 heavy (non-hydrogen) atoms. The van der Waals surface area contributed by atoms with E-state index < -0.39 is 0 Å². The van der Waals surface area contributed by atoms with Crippen LogP contribution < -0.4 is 10.6 Å². The molecule has 3 rings (SSSR count). The predicted molar refractivity (Wildman–Crippen MR) is 89.7 cm³/mol. The number of pyridine rings is 1. The Morgan fingerprint density at radius 2 is 1.96 bits per heavy atom. The fourth-order valence-electron chi connectivity index (χ4n) is 1.94. The van der Waals surface area contributed by atoms with Crippen molar-refractivity contribution in [2.24, 2.45) is 0 Å². The number of carbonyl (C=O) groups is 1. The molecule has 122 valence electrons. The lowest BCUT2D eigenvalue weighted by atomic mass is 10.3. The van der Waals surface area contributed by atoms with Crippen molar-refractivity contribution >= 4 is 23.3 Å². The molecule has 0 aliphatic heterocycles. The van der Waals surface area contributed by atoms with Gasteiger partial charge < -0.3 is 15.1 Å². The topological polar surface area (TPSA) is 92.9 Å². The number of rotatable bonds is 5. The van der Waals surface area contributed by atoms with E-state index in [4.69, 9.17) is 16.0 Å². The van der Waals surface area contributed by atoms with Crippen LogP contribution in [0.2, 0.25) is 5.02 Å². The molecule has 0 unspecified atom stereocenters. The second-order valence-electron chi connectivity index (χ2n) is 4.85. The molecular weight excluding hydrogens is 330 g/mol. The van der Waals surface area contributed by atoms with E-state index in [1.807, 2.05) is 12.1 Å².